The Morgan fingerprint density at radius 1 is 1.00 bits per heavy atom. The van der Waals surface area contributed by atoms with E-state index in [0.717, 1.165) is 12.0 Å². The molecule has 0 bridgehead atoms. The summed E-state index contributed by atoms with van der Waals surface area (Å²) in [4.78, 5) is 12.7. The summed E-state index contributed by atoms with van der Waals surface area (Å²) in [5.74, 6) is 1.43. The molecule has 0 radical (unpaired) electrons. The highest BCUT2D eigenvalue weighted by Crippen LogP contribution is 2.28. The van der Waals surface area contributed by atoms with Crippen LogP contribution in [0.5, 0.6) is 11.5 Å². The van der Waals surface area contributed by atoms with Gasteiger partial charge < -0.3 is 19.4 Å². The standard InChI is InChI=1S/C24H28N2O3/c1-18-8-4-5-9-20(18)21(26-14-6-7-15-26)17-24(27)25-13-12-19-10-11-22(28-2)23(16-19)29-3/h4-11,14-16,21H,12-13,17H2,1-3H3,(H,25,27)/t21-/m0/s1. The number of carbonyl (C=O) groups excluding carboxylic acids is 1. The molecule has 29 heavy (non-hydrogen) atoms. The predicted octanol–water partition coefficient (Wildman–Crippen LogP) is 4.15. The van der Waals surface area contributed by atoms with Gasteiger partial charge in [0.05, 0.1) is 26.7 Å². The Morgan fingerprint density at radius 2 is 1.72 bits per heavy atom. The fourth-order valence-corrected chi connectivity index (χ4v) is 3.52. The molecule has 1 N–H and O–H groups in total. The molecule has 0 spiro atoms. The molecule has 1 atom stereocenters. The highest BCUT2D eigenvalue weighted by Gasteiger charge is 2.18. The Labute approximate surface area is 172 Å². The number of nitrogens with zero attached hydrogens (tertiary/aromatic N) is 1. The molecule has 0 unspecified atom stereocenters. The lowest BCUT2D eigenvalue weighted by atomic mass is 9.98. The normalized spacial score (nSPS) is 11.7. The van der Waals surface area contributed by atoms with Gasteiger partial charge in [0.25, 0.3) is 0 Å². The van der Waals surface area contributed by atoms with Crippen LogP contribution in [0.2, 0.25) is 0 Å². The summed E-state index contributed by atoms with van der Waals surface area (Å²) >= 11 is 0. The van der Waals surface area contributed by atoms with Crippen molar-refractivity contribution in [2.24, 2.45) is 0 Å². The Bertz CT molecular complexity index is 935. The first-order chi connectivity index (χ1) is 14.1. The monoisotopic (exact) mass is 392 g/mol. The van der Waals surface area contributed by atoms with Gasteiger partial charge in [0, 0.05) is 18.9 Å². The Balaban J connectivity index is 1.62. The van der Waals surface area contributed by atoms with E-state index in [1.54, 1.807) is 14.2 Å². The average molecular weight is 392 g/mol. The number of nitrogens with one attached hydrogen (secondary N) is 1. The van der Waals surface area contributed by atoms with Crippen molar-refractivity contribution >= 4 is 5.91 Å². The zero-order chi connectivity index (χ0) is 20.6. The Hall–Kier alpha value is -3.21. The lowest BCUT2D eigenvalue weighted by Crippen LogP contribution is -2.28. The van der Waals surface area contributed by atoms with E-state index < -0.39 is 0 Å². The molecule has 3 aromatic rings. The molecule has 0 fully saturated rings. The average Bonchev–Trinajstić information content (AvgIpc) is 3.27. The molecule has 2 aromatic carbocycles. The third-order valence-corrected chi connectivity index (χ3v) is 5.10. The van der Waals surface area contributed by atoms with Gasteiger partial charge in [-0.15, -0.1) is 0 Å². The number of carbonyl (C=O) groups is 1. The number of aryl methyl sites for hydroxylation is 1. The summed E-state index contributed by atoms with van der Waals surface area (Å²) in [5, 5.41) is 3.05. The molecule has 0 aliphatic heterocycles. The smallest absolute Gasteiger partial charge is 0.222 e. The predicted molar refractivity (Wildman–Crippen MR) is 115 cm³/mol. The van der Waals surface area contributed by atoms with Gasteiger partial charge in [0.1, 0.15) is 0 Å². The summed E-state index contributed by atoms with van der Waals surface area (Å²) < 4.78 is 12.7. The fraction of sp³-hybridized carbons (Fsp3) is 0.292. The number of rotatable bonds is 9. The van der Waals surface area contributed by atoms with Gasteiger partial charge >= 0.3 is 0 Å². The van der Waals surface area contributed by atoms with Crippen LogP contribution in [-0.2, 0) is 11.2 Å². The van der Waals surface area contributed by atoms with Crippen LogP contribution in [0.3, 0.4) is 0 Å². The summed E-state index contributed by atoms with van der Waals surface area (Å²) in [6.07, 6.45) is 5.14. The van der Waals surface area contributed by atoms with Crippen molar-refractivity contribution < 1.29 is 14.3 Å². The maximum absolute atomic E-state index is 12.7. The van der Waals surface area contributed by atoms with Crippen molar-refractivity contribution in [2.45, 2.75) is 25.8 Å². The fourth-order valence-electron chi connectivity index (χ4n) is 3.52. The Kier molecular flexibility index (Phi) is 6.95. The van der Waals surface area contributed by atoms with E-state index in [4.69, 9.17) is 9.47 Å². The van der Waals surface area contributed by atoms with Crippen molar-refractivity contribution in [3.63, 3.8) is 0 Å². The molecular formula is C24H28N2O3. The van der Waals surface area contributed by atoms with E-state index in [0.29, 0.717) is 24.5 Å². The maximum Gasteiger partial charge on any atom is 0.222 e. The van der Waals surface area contributed by atoms with Crippen molar-refractivity contribution in [2.75, 3.05) is 20.8 Å². The largest absolute Gasteiger partial charge is 0.493 e. The number of hydrogen-bond donors (Lipinski definition) is 1. The molecular weight excluding hydrogens is 364 g/mol. The van der Waals surface area contributed by atoms with E-state index >= 15 is 0 Å². The third-order valence-electron chi connectivity index (χ3n) is 5.10. The molecule has 0 aliphatic rings. The molecule has 1 aromatic heterocycles. The van der Waals surface area contributed by atoms with Crippen LogP contribution in [0.25, 0.3) is 0 Å². The van der Waals surface area contributed by atoms with Crippen LogP contribution < -0.4 is 14.8 Å². The van der Waals surface area contributed by atoms with E-state index in [9.17, 15) is 4.79 Å². The summed E-state index contributed by atoms with van der Waals surface area (Å²) in [6.45, 7) is 2.65. The van der Waals surface area contributed by atoms with Crippen molar-refractivity contribution in [3.8, 4) is 11.5 Å². The number of amides is 1. The summed E-state index contributed by atoms with van der Waals surface area (Å²) in [7, 11) is 3.24. The second-order valence-corrected chi connectivity index (χ2v) is 7.00. The zero-order valence-corrected chi connectivity index (χ0v) is 17.2. The number of aromatic nitrogens is 1. The van der Waals surface area contributed by atoms with Gasteiger partial charge in [-0.2, -0.15) is 0 Å². The topological polar surface area (TPSA) is 52.5 Å². The summed E-state index contributed by atoms with van der Waals surface area (Å²) in [6, 6.07) is 18.0. The van der Waals surface area contributed by atoms with Crippen LogP contribution in [0.15, 0.2) is 67.0 Å². The molecule has 1 heterocycles. The lowest BCUT2D eigenvalue weighted by Gasteiger charge is -2.21. The molecule has 152 valence electrons. The first kappa shape index (κ1) is 20.5. The minimum atomic E-state index is -0.0210. The summed E-state index contributed by atoms with van der Waals surface area (Å²) in [5.41, 5.74) is 3.44. The Morgan fingerprint density at radius 3 is 2.41 bits per heavy atom. The first-order valence-corrected chi connectivity index (χ1v) is 9.78. The van der Waals surface area contributed by atoms with Gasteiger partial charge in [0.2, 0.25) is 5.91 Å². The molecule has 0 aliphatic carbocycles. The minimum Gasteiger partial charge on any atom is -0.493 e. The first-order valence-electron chi connectivity index (χ1n) is 9.78. The second kappa shape index (κ2) is 9.82. The molecule has 1 amide bonds. The van der Waals surface area contributed by atoms with Gasteiger partial charge in [0.15, 0.2) is 11.5 Å². The van der Waals surface area contributed by atoms with Crippen LogP contribution >= 0.6 is 0 Å². The quantitative estimate of drug-likeness (QED) is 0.595. The molecule has 5 heteroatoms. The zero-order valence-electron chi connectivity index (χ0n) is 17.2. The second-order valence-electron chi connectivity index (χ2n) is 7.00. The highest BCUT2D eigenvalue weighted by atomic mass is 16.5. The van der Waals surface area contributed by atoms with E-state index in [-0.39, 0.29) is 11.9 Å². The number of hydrogen-bond acceptors (Lipinski definition) is 3. The van der Waals surface area contributed by atoms with Gasteiger partial charge in [-0.05, 0) is 54.3 Å². The van der Waals surface area contributed by atoms with E-state index in [2.05, 4.69) is 28.9 Å². The highest BCUT2D eigenvalue weighted by molar-refractivity contribution is 5.77. The van der Waals surface area contributed by atoms with Crippen LogP contribution in [0.1, 0.15) is 29.2 Å². The van der Waals surface area contributed by atoms with Gasteiger partial charge in [-0.3, -0.25) is 4.79 Å². The van der Waals surface area contributed by atoms with E-state index in [1.165, 1.54) is 11.1 Å². The van der Waals surface area contributed by atoms with Crippen molar-refractivity contribution in [3.05, 3.63) is 83.7 Å². The van der Waals surface area contributed by atoms with E-state index in [1.807, 2.05) is 54.9 Å². The van der Waals surface area contributed by atoms with Gasteiger partial charge in [-0.25, -0.2) is 0 Å². The number of methoxy groups -OCH3 is 2. The number of benzene rings is 2. The lowest BCUT2D eigenvalue weighted by molar-refractivity contribution is -0.121. The third kappa shape index (κ3) is 5.19. The van der Waals surface area contributed by atoms with Crippen LogP contribution in [0, 0.1) is 6.92 Å². The van der Waals surface area contributed by atoms with Gasteiger partial charge in [-0.1, -0.05) is 30.3 Å². The molecule has 0 saturated heterocycles. The van der Waals surface area contributed by atoms with Crippen molar-refractivity contribution in [1.82, 2.24) is 9.88 Å². The van der Waals surface area contributed by atoms with Crippen LogP contribution in [-0.4, -0.2) is 31.2 Å². The van der Waals surface area contributed by atoms with Crippen molar-refractivity contribution in [1.29, 1.82) is 0 Å². The minimum absolute atomic E-state index is 0.0210. The SMILES string of the molecule is COc1ccc(CCNC(=O)C[C@@H](c2ccccc2C)n2cccc2)cc1OC. The molecule has 3 rings (SSSR count). The maximum atomic E-state index is 12.7. The molecule has 5 nitrogen and oxygen atoms in total. The molecule has 0 saturated carbocycles. The number of ether oxygens (including phenoxy) is 2. The van der Waals surface area contributed by atoms with Crippen LogP contribution in [0.4, 0.5) is 0 Å².